The molecule has 0 unspecified atom stereocenters. The molecule has 4 aromatic rings. The van der Waals surface area contributed by atoms with Crippen molar-refractivity contribution in [2.75, 3.05) is 0 Å². The Balaban J connectivity index is 1.47. The molecular formula is C48H52N4O2. The van der Waals surface area contributed by atoms with Gasteiger partial charge in [0, 0.05) is 22.5 Å². The Morgan fingerprint density at radius 3 is 1.04 bits per heavy atom. The minimum Gasteiger partial charge on any atom is -0.352 e. The molecule has 0 radical (unpaired) electrons. The highest BCUT2D eigenvalue weighted by molar-refractivity contribution is 6.71. The van der Waals surface area contributed by atoms with E-state index in [0.717, 1.165) is 33.7 Å². The highest BCUT2D eigenvalue weighted by Crippen LogP contribution is 2.39. The fourth-order valence-electron chi connectivity index (χ4n) is 7.04. The minimum atomic E-state index is -0.245. The summed E-state index contributed by atoms with van der Waals surface area (Å²) in [5.41, 5.74) is 12.2. The zero-order chi connectivity index (χ0) is 39.1. The van der Waals surface area contributed by atoms with Crippen molar-refractivity contribution in [3.63, 3.8) is 0 Å². The number of fused-ring (bicyclic) bond motifs is 6. The summed E-state index contributed by atoms with van der Waals surface area (Å²) < 4.78 is 0. The molecule has 0 spiro atoms. The number of nitrogens with one attached hydrogen (secondary N) is 2. The van der Waals surface area contributed by atoms with E-state index >= 15 is 0 Å². The molecule has 2 N–H and O–H groups in total. The Kier molecular flexibility index (Phi) is 8.64. The van der Waals surface area contributed by atoms with Gasteiger partial charge in [-0.3, -0.25) is 9.59 Å². The number of benzene rings is 2. The molecule has 276 valence electrons. The molecule has 6 nitrogen and oxygen atoms in total. The predicted molar refractivity (Wildman–Crippen MR) is 223 cm³/mol. The van der Waals surface area contributed by atoms with Gasteiger partial charge in [0.15, 0.2) is 0 Å². The van der Waals surface area contributed by atoms with Gasteiger partial charge < -0.3 is 9.97 Å². The number of Topliss-reactive ketones (excluding diaryl/α,β-unsaturated/α-hetero) is 1. The number of aromatic amines is 2. The average Bonchev–Trinajstić information content (AvgIpc) is 3.91. The first kappa shape index (κ1) is 37.0. The van der Waals surface area contributed by atoms with Crippen LogP contribution in [0.25, 0.3) is 11.1 Å². The van der Waals surface area contributed by atoms with Crippen molar-refractivity contribution in [3.8, 4) is 0 Å². The second kappa shape index (κ2) is 12.6. The van der Waals surface area contributed by atoms with Gasteiger partial charge in [-0.05, 0) is 104 Å². The van der Waals surface area contributed by atoms with E-state index in [0.29, 0.717) is 34.2 Å². The van der Waals surface area contributed by atoms with E-state index in [4.69, 9.17) is 9.98 Å². The third kappa shape index (κ3) is 6.90. The van der Waals surface area contributed by atoms with Gasteiger partial charge in [-0.2, -0.15) is 0 Å². The van der Waals surface area contributed by atoms with Crippen LogP contribution < -0.4 is 0 Å². The number of aliphatic imine (C=N–C) groups is 2. The van der Waals surface area contributed by atoms with Crippen LogP contribution in [0.5, 0.6) is 0 Å². The van der Waals surface area contributed by atoms with Gasteiger partial charge in [-0.15, -0.1) is 0 Å². The molecule has 2 aromatic heterocycles. The number of aromatic nitrogens is 2. The number of H-pyrrole nitrogens is 2. The summed E-state index contributed by atoms with van der Waals surface area (Å²) in [6.45, 7) is 26.6. The second-order valence-electron chi connectivity index (χ2n) is 19.0. The molecule has 5 heterocycles. The molecule has 0 saturated heterocycles. The van der Waals surface area contributed by atoms with Gasteiger partial charge in [-0.1, -0.05) is 119 Å². The second-order valence-corrected chi connectivity index (χ2v) is 19.0. The first-order chi connectivity index (χ1) is 25.1. The Morgan fingerprint density at radius 2 is 0.722 bits per heavy atom. The molecule has 8 bridgehead atoms. The van der Waals surface area contributed by atoms with Crippen LogP contribution in [-0.2, 0) is 26.5 Å². The number of allylic oxidation sites excluding steroid dienone is 4. The number of hydrogen-bond acceptors (Lipinski definition) is 4. The van der Waals surface area contributed by atoms with Gasteiger partial charge in [0.1, 0.15) is 11.4 Å². The van der Waals surface area contributed by atoms with Gasteiger partial charge in [-0.25, -0.2) is 9.98 Å². The summed E-state index contributed by atoms with van der Waals surface area (Å²) in [6.07, 6.45) is 7.35. The van der Waals surface area contributed by atoms with Crippen LogP contribution in [0.4, 0.5) is 0 Å². The minimum absolute atomic E-state index is 0.114. The van der Waals surface area contributed by atoms with E-state index in [1.54, 1.807) is 12.2 Å². The lowest BCUT2D eigenvalue weighted by Gasteiger charge is -2.27. The third-order valence-electron chi connectivity index (χ3n) is 10.6. The summed E-state index contributed by atoms with van der Waals surface area (Å²) >= 11 is 0. The third-order valence-corrected chi connectivity index (χ3v) is 10.6. The molecule has 54 heavy (non-hydrogen) atoms. The molecule has 0 saturated carbocycles. The monoisotopic (exact) mass is 716 g/mol. The Morgan fingerprint density at radius 1 is 0.407 bits per heavy atom. The number of rotatable bonds is 2. The molecule has 3 aliphatic rings. The van der Waals surface area contributed by atoms with E-state index in [2.05, 4.69) is 129 Å². The van der Waals surface area contributed by atoms with Gasteiger partial charge in [0.25, 0.3) is 0 Å². The molecular weight excluding hydrogens is 665 g/mol. The standard InChI is InChI=1S/C48H52N4O2/c1-45(2,3)29-21-27(22-30(25-29)46(4,5)6)41-33-13-17-37(49-33)43(53)39-19-15-35(51-39)42(28-23-31(47(7,8)9)26-32(24-28)48(10,11)12)36-16-20-40(52-36)44(54)38-18-14-34(41)50-38/h13-26,49,51H,1-12H3. The van der Waals surface area contributed by atoms with E-state index in [1.807, 2.05) is 36.4 Å². The van der Waals surface area contributed by atoms with Crippen LogP contribution in [0.2, 0.25) is 0 Å². The number of carbonyl (C=O) groups is 2. The summed E-state index contributed by atoms with van der Waals surface area (Å²) in [6, 6.07) is 21.0. The first-order valence-corrected chi connectivity index (χ1v) is 18.9. The molecule has 0 atom stereocenters. The maximum atomic E-state index is 14.3. The summed E-state index contributed by atoms with van der Waals surface area (Å²) in [5, 5.41) is 0. The van der Waals surface area contributed by atoms with Gasteiger partial charge in [0.2, 0.25) is 11.6 Å². The fraction of sp³-hybridized carbons (Fsp3) is 0.333. The highest BCUT2D eigenvalue weighted by atomic mass is 16.1. The molecule has 2 aromatic carbocycles. The van der Waals surface area contributed by atoms with Gasteiger partial charge in [0.05, 0.1) is 22.8 Å². The smallest absolute Gasteiger partial charge is 0.229 e. The highest BCUT2D eigenvalue weighted by Gasteiger charge is 2.29. The Hall–Kier alpha value is -5.36. The van der Waals surface area contributed by atoms with Gasteiger partial charge >= 0.3 is 0 Å². The predicted octanol–water partition coefficient (Wildman–Crippen LogP) is 10.9. The van der Waals surface area contributed by atoms with Crippen LogP contribution in [0.3, 0.4) is 0 Å². The van der Waals surface area contributed by atoms with Crippen LogP contribution in [0.1, 0.15) is 144 Å². The lowest BCUT2D eigenvalue weighted by Crippen LogP contribution is -2.19. The van der Waals surface area contributed by atoms with E-state index in [-0.39, 0.29) is 33.2 Å². The van der Waals surface area contributed by atoms with Crippen molar-refractivity contribution >= 4 is 34.1 Å². The van der Waals surface area contributed by atoms with Crippen molar-refractivity contribution < 1.29 is 9.59 Å². The molecule has 0 amide bonds. The van der Waals surface area contributed by atoms with Crippen molar-refractivity contribution in [1.29, 1.82) is 0 Å². The summed E-state index contributed by atoms with van der Waals surface area (Å²) in [7, 11) is 0. The Labute approximate surface area is 320 Å². The average molecular weight is 717 g/mol. The van der Waals surface area contributed by atoms with E-state index in [9.17, 15) is 9.59 Å². The zero-order valence-electron chi connectivity index (χ0n) is 33.8. The van der Waals surface area contributed by atoms with Crippen molar-refractivity contribution in [2.45, 2.75) is 105 Å². The molecule has 6 heteroatoms. The number of carbonyl (C=O) groups excluding carboxylic acids is 2. The van der Waals surface area contributed by atoms with Crippen molar-refractivity contribution in [1.82, 2.24) is 9.97 Å². The van der Waals surface area contributed by atoms with Crippen LogP contribution >= 0.6 is 0 Å². The van der Waals surface area contributed by atoms with Crippen LogP contribution in [0, 0.1) is 0 Å². The lowest BCUT2D eigenvalue weighted by molar-refractivity contribution is -0.107. The number of ketones is 2. The lowest BCUT2D eigenvalue weighted by atomic mass is 9.78. The largest absolute Gasteiger partial charge is 0.352 e. The molecule has 0 fully saturated rings. The quantitative estimate of drug-likeness (QED) is 0.216. The summed E-state index contributed by atoms with van der Waals surface area (Å²) in [5.74, 6) is -0.399. The topological polar surface area (TPSA) is 90.4 Å². The normalized spacial score (nSPS) is 16.5. The van der Waals surface area contributed by atoms with E-state index in [1.165, 1.54) is 22.3 Å². The molecule has 0 aliphatic carbocycles. The SMILES string of the molecule is CC(C)(C)c1cc(C2=C3C=CC(=N3)C(=O)C3=NC(=C(c4cc(C(C)(C)C)cc(C(C)(C)C)c4)c4ccc([nH]4)C(=O)c4ccc2[nH]4)C=C3)cc(C(C)(C)C)c1. The van der Waals surface area contributed by atoms with E-state index < -0.39 is 0 Å². The number of hydrogen-bond donors (Lipinski definition) is 2. The number of nitrogens with zero attached hydrogens (tertiary/aromatic N) is 2. The molecule has 7 rings (SSSR count). The van der Waals surface area contributed by atoms with Crippen molar-refractivity contribution in [3.05, 3.63) is 153 Å². The first-order valence-electron chi connectivity index (χ1n) is 18.9. The zero-order valence-corrected chi connectivity index (χ0v) is 33.8. The van der Waals surface area contributed by atoms with Crippen LogP contribution in [-0.4, -0.2) is 33.0 Å². The van der Waals surface area contributed by atoms with Crippen molar-refractivity contribution in [2.24, 2.45) is 9.98 Å². The van der Waals surface area contributed by atoms with Crippen LogP contribution in [0.15, 0.2) is 106 Å². The maximum Gasteiger partial charge on any atom is 0.229 e. The Bertz CT molecular complexity index is 2200. The molecule has 3 aliphatic heterocycles. The fourth-order valence-corrected chi connectivity index (χ4v) is 7.04. The maximum absolute atomic E-state index is 14.3. The summed E-state index contributed by atoms with van der Waals surface area (Å²) in [4.78, 5) is 45.3.